The number of benzene rings is 2. The van der Waals surface area contributed by atoms with Crippen LogP contribution in [-0.4, -0.2) is 60.1 Å². The normalized spacial score (nSPS) is 14.6. The fraction of sp³-hybridized carbons (Fsp3) is 0.333. The summed E-state index contributed by atoms with van der Waals surface area (Å²) in [6, 6.07) is 10.3. The molecule has 8 nitrogen and oxygen atoms in total. The van der Waals surface area contributed by atoms with Crippen LogP contribution in [0.2, 0.25) is 0 Å². The Morgan fingerprint density at radius 1 is 1.23 bits per heavy atom. The Hall–Kier alpha value is -2.95. The second-order valence-corrected chi connectivity index (χ2v) is 8.22. The Kier molecular flexibility index (Phi) is 6.50. The summed E-state index contributed by atoms with van der Waals surface area (Å²) in [5.74, 6) is -0.513. The van der Waals surface area contributed by atoms with E-state index in [1.807, 2.05) is 0 Å². The number of rotatable bonds is 7. The Bertz CT molecular complexity index is 1080. The summed E-state index contributed by atoms with van der Waals surface area (Å²) in [5, 5.41) is 11.4. The standard InChI is InChI=1S/C21H21FN4O4S/c22-16-3-6-18-19(14-16)31-21(23-18)25(8-7-24-9-11-30-12-10-24)20(27)13-15-1-4-17(5-2-15)26(28)29/h1-6,14H,7-13H2. The van der Waals surface area contributed by atoms with Crippen LogP contribution in [0.25, 0.3) is 10.2 Å². The van der Waals surface area contributed by atoms with Crippen molar-refractivity contribution in [1.29, 1.82) is 0 Å². The molecule has 1 aliphatic heterocycles. The zero-order valence-electron chi connectivity index (χ0n) is 16.7. The molecule has 3 aromatic rings. The van der Waals surface area contributed by atoms with Gasteiger partial charge in [0.05, 0.1) is 34.8 Å². The number of carbonyl (C=O) groups excluding carboxylic acids is 1. The van der Waals surface area contributed by atoms with Crippen LogP contribution in [-0.2, 0) is 16.0 Å². The first kappa shape index (κ1) is 21.3. The lowest BCUT2D eigenvalue weighted by atomic mass is 10.1. The van der Waals surface area contributed by atoms with Crippen LogP contribution in [0.3, 0.4) is 0 Å². The first-order valence-corrected chi connectivity index (χ1v) is 10.7. The zero-order chi connectivity index (χ0) is 21.8. The van der Waals surface area contributed by atoms with Crippen molar-refractivity contribution in [1.82, 2.24) is 9.88 Å². The number of morpholine rings is 1. The molecule has 2 heterocycles. The number of ether oxygens (including phenoxy) is 1. The molecule has 0 aliphatic carbocycles. The van der Waals surface area contributed by atoms with E-state index in [1.54, 1.807) is 23.1 Å². The predicted octanol–water partition coefficient (Wildman–Crippen LogP) is 3.25. The van der Waals surface area contributed by atoms with E-state index in [2.05, 4.69) is 9.88 Å². The van der Waals surface area contributed by atoms with Gasteiger partial charge in [0, 0.05) is 38.3 Å². The summed E-state index contributed by atoms with van der Waals surface area (Å²) < 4.78 is 19.7. The molecular formula is C21H21FN4O4S. The van der Waals surface area contributed by atoms with Crippen molar-refractivity contribution < 1.29 is 18.8 Å². The van der Waals surface area contributed by atoms with E-state index >= 15 is 0 Å². The maximum atomic E-state index is 13.6. The summed E-state index contributed by atoms with van der Waals surface area (Å²) in [6.45, 7) is 4.03. The van der Waals surface area contributed by atoms with Gasteiger partial charge in [-0.05, 0) is 23.8 Å². The van der Waals surface area contributed by atoms with Crippen LogP contribution in [0.1, 0.15) is 5.56 Å². The highest BCUT2D eigenvalue weighted by Gasteiger charge is 2.22. The zero-order valence-corrected chi connectivity index (χ0v) is 17.5. The van der Waals surface area contributed by atoms with Crippen LogP contribution < -0.4 is 4.90 Å². The van der Waals surface area contributed by atoms with Gasteiger partial charge < -0.3 is 4.74 Å². The van der Waals surface area contributed by atoms with Crippen molar-refractivity contribution in [2.45, 2.75) is 6.42 Å². The SMILES string of the molecule is O=C(Cc1ccc([N+](=O)[O-])cc1)N(CCN1CCOCC1)c1nc2ccc(F)cc2s1. The van der Waals surface area contributed by atoms with Crippen molar-refractivity contribution in [2.24, 2.45) is 0 Å². The van der Waals surface area contributed by atoms with Crippen LogP contribution in [0.5, 0.6) is 0 Å². The topological polar surface area (TPSA) is 88.8 Å². The number of non-ortho nitro benzene ring substituents is 1. The molecule has 1 fully saturated rings. The van der Waals surface area contributed by atoms with Gasteiger partial charge in [-0.15, -0.1) is 0 Å². The highest BCUT2D eigenvalue weighted by atomic mass is 32.1. The molecule has 0 bridgehead atoms. The Morgan fingerprint density at radius 3 is 2.68 bits per heavy atom. The van der Waals surface area contributed by atoms with E-state index in [4.69, 9.17) is 4.74 Å². The minimum Gasteiger partial charge on any atom is -0.379 e. The summed E-state index contributed by atoms with van der Waals surface area (Å²) in [7, 11) is 0. The first-order chi connectivity index (χ1) is 15.0. The smallest absolute Gasteiger partial charge is 0.269 e. The minimum absolute atomic E-state index is 0.0198. The number of halogens is 1. The highest BCUT2D eigenvalue weighted by Crippen LogP contribution is 2.30. The summed E-state index contributed by atoms with van der Waals surface area (Å²) in [6.07, 6.45) is 0.0887. The van der Waals surface area contributed by atoms with Crippen LogP contribution in [0.15, 0.2) is 42.5 Å². The molecule has 0 spiro atoms. The van der Waals surface area contributed by atoms with Gasteiger partial charge in [-0.25, -0.2) is 9.37 Å². The van der Waals surface area contributed by atoms with Crippen LogP contribution in [0, 0.1) is 15.9 Å². The van der Waals surface area contributed by atoms with Gasteiger partial charge in [-0.1, -0.05) is 23.5 Å². The predicted molar refractivity (Wildman–Crippen MR) is 116 cm³/mol. The third kappa shape index (κ3) is 5.22. The maximum absolute atomic E-state index is 13.6. The minimum atomic E-state index is -0.472. The molecule has 1 amide bonds. The molecule has 2 aromatic carbocycles. The first-order valence-electron chi connectivity index (χ1n) is 9.89. The Labute approximate surface area is 182 Å². The molecule has 0 N–H and O–H groups in total. The van der Waals surface area contributed by atoms with Crippen LogP contribution >= 0.6 is 11.3 Å². The number of nitro benzene ring substituents is 1. The Morgan fingerprint density at radius 2 is 1.97 bits per heavy atom. The molecular weight excluding hydrogens is 423 g/mol. The second-order valence-electron chi connectivity index (χ2n) is 7.21. The number of amides is 1. The lowest BCUT2D eigenvalue weighted by Crippen LogP contribution is -2.43. The lowest BCUT2D eigenvalue weighted by molar-refractivity contribution is -0.384. The third-order valence-corrected chi connectivity index (χ3v) is 6.16. The number of fused-ring (bicyclic) bond motifs is 1. The third-order valence-electron chi connectivity index (χ3n) is 5.12. The molecule has 1 aromatic heterocycles. The molecule has 0 unspecified atom stereocenters. The molecule has 31 heavy (non-hydrogen) atoms. The molecule has 0 radical (unpaired) electrons. The fourth-order valence-corrected chi connectivity index (χ4v) is 4.43. The number of hydrogen-bond acceptors (Lipinski definition) is 7. The van der Waals surface area contributed by atoms with Gasteiger partial charge in [0.2, 0.25) is 5.91 Å². The molecule has 1 aliphatic rings. The summed E-state index contributed by atoms with van der Waals surface area (Å²) >= 11 is 1.27. The summed E-state index contributed by atoms with van der Waals surface area (Å²) in [4.78, 5) is 32.0. The average molecular weight is 444 g/mol. The Balaban J connectivity index is 1.55. The lowest BCUT2D eigenvalue weighted by Gasteiger charge is -2.29. The largest absolute Gasteiger partial charge is 0.379 e. The van der Waals surface area contributed by atoms with Gasteiger partial charge in [-0.2, -0.15) is 0 Å². The average Bonchev–Trinajstić information content (AvgIpc) is 3.17. The number of thiazole rings is 1. The monoisotopic (exact) mass is 444 g/mol. The van der Waals surface area contributed by atoms with E-state index in [0.717, 1.165) is 13.1 Å². The maximum Gasteiger partial charge on any atom is 0.269 e. The van der Waals surface area contributed by atoms with Crippen molar-refractivity contribution in [3.63, 3.8) is 0 Å². The van der Waals surface area contributed by atoms with Gasteiger partial charge in [-0.3, -0.25) is 24.7 Å². The molecule has 0 atom stereocenters. The quantitative estimate of drug-likeness (QED) is 0.411. The van der Waals surface area contributed by atoms with E-state index in [9.17, 15) is 19.3 Å². The number of aromatic nitrogens is 1. The molecule has 4 rings (SSSR count). The van der Waals surface area contributed by atoms with Crippen molar-refractivity contribution in [3.05, 3.63) is 64.0 Å². The van der Waals surface area contributed by atoms with Crippen LogP contribution in [0.4, 0.5) is 15.2 Å². The van der Waals surface area contributed by atoms with Gasteiger partial charge in [0.25, 0.3) is 5.69 Å². The van der Waals surface area contributed by atoms with E-state index in [-0.39, 0.29) is 23.8 Å². The van der Waals surface area contributed by atoms with Crippen molar-refractivity contribution in [2.75, 3.05) is 44.3 Å². The number of nitrogens with zero attached hydrogens (tertiary/aromatic N) is 4. The van der Waals surface area contributed by atoms with E-state index < -0.39 is 4.92 Å². The van der Waals surface area contributed by atoms with E-state index in [1.165, 1.54) is 35.6 Å². The second kappa shape index (κ2) is 9.46. The fourth-order valence-electron chi connectivity index (χ4n) is 3.40. The summed E-state index contributed by atoms with van der Waals surface area (Å²) in [5.41, 5.74) is 1.30. The van der Waals surface area contributed by atoms with Crippen molar-refractivity contribution in [3.8, 4) is 0 Å². The molecule has 0 saturated carbocycles. The number of hydrogen-bond donors (Lipinski definition) is 0. The molecule has 10 heteroatoms. The molecule has 1 saturated heterocycles. The number of carbonyl (C=O) groups is 1. The van der Waals surface area contributed by atoms with Crippen molar-refractivity contribution >= 4 is 38.3 Å². The van der Waals surface area contributed by atoms with Gasteiger partial charge in [0.15, 0.2) is 5.13 Å². The number of nitro groups is 1. The van der Waals surface area contributed by atoms with Gasteiger partial charge in [0.1, 0.15) is 5.82 Å². The number of anilines is 1. The molecule has 162 valence electrons. The van der Waals surface area contributed by atoms with Gasteiger partial charge >= 0.3 is 0 Å². The van der Waals surface area contributed by atoms with E-state index in [0.29, 0.717) is 47.2 Å². The highest BCUT2D eigenvalue weighted by molar-refractivity contribution is 7.22.